The van der Waals surface area contributed by atoms with E-state index in [0.717, 1.165) is 28.0 Å². The lowest BCUT2D eigenvalue weighted by Crippen LogP contribution is -2.54. The van der Waals surface area contributed by atoms with Crippen LogP contribution < -0.4 is 16.1 Å². The summed E-state index contributed by atoms with van der Waals surface area (Å²) in [5.41, 5.74) is 5.96. The lowest BCUT2D eigenvalue weighted by Gasteiger charge is -2.41. The molecular weight excluding hydrogens is 432 g/mol. The van der Waals surface area contributed by atoms with Crippen LogP contribution in [0.1, 0.15) is 45.1 Å². The van der Waals surface area contributed by atoms with Crippen LogP contribution in [0.15, 0.2) is 18.5 Å². The second-order valence-electron chi connectivity index (χ2n) is 8.95. The molecule has 1 spiro atoms. The van der Waals surface area contributed by atoms with Crippen molar-refractivity contribution in [3.63, 3.8) is 0 Å². The quantitative estimate of drug-likeness (QED) is 0.610. The Bertz CT molecular complexity index is 1180. The van der Waals surface area contributed by atoms with Crippen molar-refractivity contribution < 1.29 is 18.0 Å². The van der Waals surface area contributed by atoms with Crippen molar-refractivity contribution in [3.8, 4) is 0 Å². The Labute approximate surface area is 186 Å². The van der Waals surface area contributed by atoms with Crippen molar-refractivity contribution >= 4 is 38.2 Å². The van der Waals surface area contributed by atoms with Gasteiger partial charge in [0.1, 0.15) is 15.4 Å². The number of amides is 1. The molecule has 1 saturated carbocycles. The zero-order valence-electron chi connectivity index (χ0n) is 18.2. The number of sulfone groups is 1. The van der Waals surface area contributed by atoms with Crippen molar-refractivity contribution in [3.05, 3.63) is 24.0 Å². The van der Waals surface area contributed by atoms with Crippen LogP contribution in [0, 0.1) is 0 Å². The molecule has 0 bridgehead atoms. The number of rotatable bonds is 5. The molecule has 5 rings (SSSR count). The first kappa shape index (κ1) is 21.2. The number of pyridine rings is 1. The second-order valence-corrected chi connectivity index (χ2v) is 11.3. The van der Waals surface area contributed by atoms with Gasteiger partial charge >= 0.3 is 0 Å². The number of hydrogen-bond acceptors (Lipinski definition) is 8. The molecular formula is C21H28N6O4S. The Morgan fingerprint density at radius 1 is 1.28 bits per heavy atom. The van der Waals surface area contributed by atoms with Crippen LogP contribution in [0.2, 0.25) is 0 Å². The highest BCUT2D eigenvalue weighted by Gasteiger charge is 2.48. The average Bonchev–Trinajstić information content (AvgIpc) is 3.34. The van der Waals surface area contributed by atoms with E-state index in [-0.39, 0.29) is 29.5 Å². The largest absolute Gasteiger partial charge is 0.381 e. The average molecular weight is 461 g/mol. The molecule has 0 atom stereocenters. The van der Waals surface area contributed by atoms with Crippen molar-refractivity contribution in [2.45, 2.75) is 63.8 Å². The molecule has 1 saturated heterocycles. The lowest BCUT2D eigenvalue weighted by molar-refractivity contribution is -0.126. The van der Waals surface area contributed by atoms with Gasteiger partial charge in [0.25, 0.3) is 0 Å². The number of hydrogen-bond donors (Lipinski definition) is 3. The van der Waals surface area contributed by atoms with Crippen LogP contribution in [-0.4, -0.2) is 58.3 Å². The number of fused-ring (bicyclic) bond motifs is 1. The molecule has 2 aromatic rings. The molecule has 1 amide bonds. The lowest BCUT2D eigenvalue weighted by atomic mass is 9.75. The van der Waals surface area contributed by atoms with E-state index in [4.69, 9.17) is 4.84 Å². The van der Waals surface area contributed by atoms with E-state index in [1.807, 2.05) is 17.8 Å². The van der Waals surface area contributed by atoms with Gasteiger partial charge in [0, 0.05) is 50.2 Å². The van der Waals surface area contributed by atoms with Crippen LogP contribution in [-0.2, 0) is 26.0 Å². The molecule has 0 unspecified atom stereocenters. The number of nitrogens with one attached hydrogen (secondary N) is 3. The molecule has 10 nitrogen and oxygen atoms in total. The Morgan fingerprint density at radius 2 is 2.03 bits per heavy atom. The highest BCUT2D eigenvalue weighted by atomic mass is 32.2. The molecule has 2 aliphatic heterocycles. The van der Waals surface area contributed by atoms with Crippen molar-refractivity contribution in [1.82, 2.24) is 25.6 Å². The maximum absolute atomic E-state index is 11.9. The third kappa shape index (κ3) is 3.83. The summed E-state index contributed by atoms with van der Waals surface area (Å²) in [4.78, 5) is 21.9. The minimum atomic E-state index is -2.94. The van der Waals surface area contributed by atoms with E-state index in [1.54, 1.807) is 6.20 Å². The summed E-state index contributed by atoms with van der Waals surface area (Å²) in [5.74, 6) is 0.351. The normalized spacial score (nSPS) is 22.4. The van der Waals surface area contributed by atoms with Crippen molar-refractivity contribution in [2.24, 2.45) is 0 Å². The minimum absolute atomic E-state index is 0.0384. The number of nitrogens with zero attached hydrogens (tertiary/aromatic N) is 3. The summed E-state index contributed by atoms with van der Waals surface area (Å²) in [6.45, 7) is 4.24. The molecule has 3 N–H and O–H groups in total. The van der Waals surface area contributed by atoms with E-state index in [9.17, 15) is 13.2 Å². The first-order valence-electron chi connectivity index (χ1n) is 11.0. The summed E-state index contributed by atoms with van der Waals surface area (Å²) >= 11 is 0. The highest BCUT2D eigenvalue weighted by molar-refractivity contribution is 7.91. The van der Waals surface area contributed by atoms with E-state index >= 15 is 0 Å². The van der Waals surface area contributed by atoms with Gasteiger partial charge in [-0.05, 0) is 25.8 Å². The number of aryl methyl sites for hydroxylation is 1. The van der Waals surface area contributed by atoms with E-state index in [0.29, 0.717) is 32.2 Å². The van der Waals surface area contributed by atoms with Gasteiger partial charge < -0.3 is 10.6 Å². The first-order valence-corrected chi connectivity index (χ1v) is 12.9. The predicted octanol–water partition coefficient (Wildman–Crippen LogP) is 1.35. The maximum atomic E-state index is 11.9. The fourth-order valence-electron chi connectivity index (χ4n) is 4.83. The van der Waals surface area contributed by atoms with Crippen LogP contribution in [0.3, 0.4) is 0 Å². The van der Waals surface area contributed by atoms with E-state index in [2.05, 4.69) is 32.3 Å². The van der Waals surface area contributed by atoms with Crippen LogP contribution in [0.4, 0.5) is 5.69 Å². The Kier molecular flexibility index (Phi) is 5.12. The summed E-state index contributed by atoms with van der Waals surface area (Å²) < 4.78 is 25.6. The Morgan fingerprint density at radius 3 is 2.72 bits per heavy atom. The monoisotopic (exact) mass is 460 g/mol. The smallest absolute Gasteiger partial charge is 0.217 e. The maximum Gasteiger partial charge on any atom is 0.217 e. The number of aromatic nitrogens is 3. The molecule has 172 valence electrons. The van der Waals surface area contributed by atoms with Gasteiger partial charge in [-0.1, -0.05) is 0 Å². The fraction of sp³-hybridized carbons (Fsp3) is 0.571. The number of anilines is 1. The molecule has 0 aromatic carbocycles. The molecule has 4 heterocycles. The third-order valence-corrected chi connectivity index (χ3v) is 8.24. The zero-order valence-corrected chi connectivity index (χ0v) is 19.0. The van der Waals surface area contributed by atoms with E-state index in [1.165, 1.54) is 6.92 Å². The second kappa shape index (κ2) is 7.73. The summed E-state index contributed by atoms with van der Waals surface area (Å²) in [5, 5.41) is 11.9. The molecule has 32 heavy (non-hydrogen) atoms. The third-order valence-electron chi connectivity index (χ3n) is 6.52. The Balaban J connectivity index is 1.46. The number of hydroxylamine groups is 1. The van der Waals surface area contributed by atoms with Gasteiger partial charge in [0.05, 0.1) is 34.5 Å². The van der Waals surface area contributed by atoms with Crippen molar-refractivity contribution in [1.29, 1.82) is 0 Å². The van der Waals surface area contributed by atoms with E-state index < -0.39 is 15.4 Å². The number of carbonyl (C=O) groups excluding carboxylic acids is 1. The van der Waals surface area contributed by atoms with Crippen molar-refractivity contribution in [2.75, 3.05) is 16.8 Å². The molecule has 0 radical (unpaired) electrons. The van der Waals surface area contributed by atoms with Crippen LogP contribution in [0.25, 0.3) is 16.7 Å². The SMILES string of the molecule is CCn1ncc2c(NC3CCS(=O)(=O)CC3)c(C3=CC4(CC(NC(C)=O)C4)ON3)cnc21. The van der Waals surface area contributed by atoms with Gasteiger partial charge in [-0.3, -0.25) is 15.1 Å². The predicted molar refractivity (Wildman–Crippen MR) is 120 cm³/mol. The fourth-order valence-corrected chi connectivity index (χ4v) is 6.32. The molecule has 1 aliphatic carbocycles. The van der Waals surface area contributed by atoms with Gasteiger partial charge in [0.15, 0.2) is 5.65 Å². The minimum Gasteiger partial charge on any atom is -0.381 e. The highest BCUT2D eigenvalue weighted by Crippen LogP contribution is 2.43. The topological polar surface area (TPSA) is 127 Å². The van der Waals surface area contributed by atoms with Gasteiger partial charge in [0.2, 0.25) is 5.91 Å². The zero-order chi connectivity index (χ0) is 22.5. The van der Waals surface area contributed by atoms with Crippen LogP contribution in [0.5, 0.6) is 0 Å². The van der Waals surface area contributed by atoms with Gasteiger partial charge in [-0.15, -0.1) is 0 Å². The Hall–Kier alpha value is -2.66. The first-order chi connectivity index (χ1) is 15.3. The molecule has 11 heteroatoms. The standard InChI is InChI=1S/C21H28N6O4S/c1-3-27-20-17(12-23-27)19(25-14-4-6-32(29,30)7-5-14)16(11-22-20)18-10-21(31-26-18)8-15(9-21)24-13(2)28/h10-12,14-15,26H,3-9H2,1-2H3,(H,22,25)(H,24,28). The molecule has 2 aromatic heterocycles. The van der Waals surface area contributed by atoms with Crippen LogP contribution >= 0.6 is 0 Å². The molecule has 3 aliphatic rings. The van der Waals surface area contributed by atoms with Gasteiger partial charge in [-0.25, -0.2) is 18.1 Å². The molecule has 2 fully saturated rings. The number of carbonyl (C=O) groups is 1. The van der Waals surface area contributed by atoms with Gasteiger partial charge in [-0.2, -0.15) is 5.10 Å². The summed E-state index contributed by atoms with van der Waals surface area (Å²) in [7, 11) is -2.94. The summed E-state index contributed by atoms with van der Waals surface area (Å²) in [6.07, 6.45) is 8.22. The summed E-state index contributed by atoms with van der Waals surface area (Å²) in [6, 6.07) is 0.160.